The van der Waals surface area contributed by atoms with Gasteiger partial charge in [0.05, 0.1) is 12.6 Å². The number of amides is 1. The maximum Gasteiger partial charge on any atom is 0.410 e. The van der Waals surface area contributed by atoms with Crippen molar-refractivity contribution < 1.29 is 13.9 Å². The number of fused-ring (bicyclic) bond motifs is 1. The zero-order chi connectivity index (χ0) is 18.5. The predicted octanol–water partition coefficient (Wildman–Crippen LogP) is 4.03. The van der Waals surface area contributed by atoms with Crippen LogP contribution >= 0.6 is 0 Å². The molecule has 5 heteroatoms. The molecular weight excluding hydrogens is 331 g/mol. The summed E-state index contributed by atoms with van der Waals surface area (Å²) in [6.07, 6.45) is 0.970. The van der Waals surface area contributed by atoms with E-state index in [1.165, 1.54) is 17.7 Å². The van der Waals surface area contributed by atoms with E-state index in [-0.39, 0.29) is 24.6 Å². The Morgan fingerprint density at radius 1 is 1.27 bits per heavy atom. The SMILES string of the molecule is C=C(CCOC(=O)N1CCc2ccccc2[C@@H]1c1ccc(F)cc1)NC. The maximum atomic E-state index is 13.4. The fourth-order valence-electron chi connectivity index (χ4n) is 3.24. The summed E-state index contributed by atoms with van der Waals surface area (Å²) in [6.45, 7) is 4.66. The van der Waals surface area contributed by atoms with Crippen molar-refractivity contribution >= 4 is 6.09 Å². The molecule has 1 aliphatic rings. The van der Waals surface area contributed by atoms with Crippen LogP contribution < -0.4 is 5.32 Å². The molecule has 0 unspecified atom stereocenters. The van der Waals surface area contributed by atoms with Gasteiger partial charge in [0, 0.05) is 25.7 Å². The van der Waals surface area contributed by atoms with Crippen molar-refractivity contribution in [2.75, 3.05) is 20.2 Å². The first-order chi connectivity index (χ1) is 12.6. The number of hydrogen-bond donors (Lipinski definition) is 1. The highest BCUT2D eigenvalue weighted by molar-refractivity contribution is 5.70. The van der Waals surface area contributed by atoms with E-state index in [2.05, 4.69) is 18.0 Å². The van der Waals surface area contributed by atoms with Crippen LogP contribution in [0, 0.1) is 5.82 Å². The Balaban J connectivity index is 1.85. The van der Waals surface area contributed by atoms with E-state index in [0.29, 0.717) is 13.0 Å². The van der Waals surface area contributed by atoms with Crippen LogP contribution in [0.15, 0.2) is 60.8 Å². The molecule has 0 saturated heterocycles. The molecule has 2 aromatic rings. The van der Waals surface area contributed by atoms with Crippen LogP contribution in [0.3, 0.4) is 0 Å². The van der Waals surface area contributed by atoms with E-state index in [1.54, 1.807) is 24.1 Å². The number of halogens is 1. The smallest absolute Gasteiger partial charge is 0.410 e. The molecule has 0 spiro atoms. The molecule has 26 heavy (non-hydrogen) atoms. The van der Waals surface area contributed by atoms with Crippen molar-refractivity contribution in [1.29, 1.82) is 0 Å². The third kappa shape index (κ3) is 3.87. The molecule has 0 bridgehead atoms. The van der Waals surface area contributed by atoms with Crippen molar-refractivity contribution in [3.63, 3.8) is 0 Å². The molecule has 0 fully saturated rings. The van der Waals surface area contributed by atoms with Gasteiger partial charge in [-0.05, 0) is 35.2 Å². The number of nitrogens with one attached hydrogen (secondary N) is 1. The maximum absolute atomic E-state index is 13.4. The quantitative estimate of drug-likeness (QED) is 0.881. The predicted molar refractivity (Wildman–Crippen MR) is 99.3 cm³/mol. The van der Waals surface area contributed by atoms with E-state index < -0.39 is 0 Å². The Morgan fingerprint density at radius 2 is 2.00 bits per heavy atom. The van der Waals surface area contributed by atoms with Crippen molar-refractivity contribution in [3.8, 4) is 0 Å². The largest absolute Gasteiger partial charge is 0.449 e. The highest BCUT2D eigenvalue weighted by Gasteiger charge is 2.32. The fourth-order valence-corrected chi connectivity index (χ4v) is 3.24. The summed E-state index contributed by atoms with van der Waals surface area (Å²) in [5.41, 5.74) is 3.95. The van der Waals surface area contributed by atoms with E-state index in [1.807, 2.05) is 18.2 Å². The van der Waals surface area contributed by atoms with Crippen LogP contribution in [0.2, 0.25) is 0 Å². The molecule has 1 aliphatic heterocycles. The zero-order valence-electron chi connectivity index (χ0n) is 14.9. The molecular formula is C21H23FN2O2. The molecule has 0 radical (unpaired) electrons. The summed E-state index contributed by atoms with van der Waals surface area (Å²) >= 11 is 0. The number of ether oxygens (including phenoxy) is 1. The molecule has 1 N–H and O–H groups in total. The van der Waals surface area contributed by atoms with Gasteiger partial charge in [0.2, 0.25) is 0 Å². The topological polar surface area (TPSA) is 41.6 Å². The molecule has 1 atom stereocenters. The summed E-state index contributed by atoms with van der Waals surface area (Å²) in [7, 11) is 1.79. The second-order valence-electron chi connectivity index (χ2n) is 6.31. The van der Waals surface area contributed by atoms with Crippen molar-refractivity contribution in [3.05, 3.63) is 83.3 Å². The van der Waals surface area contributed by atoms with Gasteiger partial charge in [-0.15, -0.1) is 0 Å². The minimum absolute atomic E-state index is 0.271. The van der Waals surface area contributed by atoms with Gasteiger partial charge in [-0.1, -0.05) is 43.0 Å². The van der Waals surface area contributed by atoms with Crippen LogP contribution in [-0.4, -0.2) is 31.2 Å². The van der Waals surface area contributed by atoms with Crippen LogP contribution in [0.4, 0.5) is 9.18 Å². The van der Waals surface area contributed by atoms with Gasteiger partial charge < -0.3 is 10.1 Å². The second kappa shape index (κ2) is 8.04. The van der Waals surface area contributed by atoms with Gasteiger partial charge in [0.15, 0.2) is 0 Å². The first-order valence-corrected chi connectivity index (χ1v) is 8.72. The number of carbonyl (C=O) groups excluding carboxylic acids is 1. The van der Waals surface area contributed by atoms with E-state index >= 15 is 0 Å². The van der Waals surface area contributed by atoms with E-state index in [0.717, 1.165) is 23.2 Å². The molecule has 1 heterocycles. The number of nitrogens with zero attached hydrogens (tertiary/aromatic N) is 1. The number of carbonyl (C=O) groups is 1. The van der Waals surface area contributed by atoms with Crippen LogP contribution in [-0.2, 0) is 11.2 Å². The Bertz CT molecular complexity index is 789. The summed E-state index contributed by atoms with van der Waals surface area (Å²) in [4.78, 5) is 14.4. The summed E-state index contributed by atoms with van der Waals surface area (Å²) in [5.74, 6) is -0.294. The highest BCUT2D eigenvalue weighted by atomic mass is 19.1. The number of benzene rings is 2. The zero-order valence-corrected chi connectivity index (χ0v) is 14.9. The van der Waals surface area contributed by atoms with Gasteiger partial charge in [-0.3, -0.25) is 4.90 Å². The third-order valence-corrected chi connectivity index (χ3v) is 4.69. The summed E-state index contributed by atoms with van der Waals surface area (Å²) in [5, 5.41) is 2.94. The standard InChI is InChI=1S/C21H23FN2O2/c1-15(23-2)12-14-26-21(25)24-13-11-16-5-3-4-6-19(16)20(24)17-7-9-18(22)10-8-17/h3-10,20,23H,1,11-14H2,2H3/t20-/m0/s1. The second-order valence-corrected chi connectivity index (χ2v) is 6.31. The minimum atomic E-state index is -0.363. The van der Waals surface area contributed by atoms with Crippen LogP contribution in [0.25, 0.3) is 0 Å². The van der Waals surface area contributed by atoms with Gasteiger partial charge in [-0.2, -0.15) is 0 Å². The monoisotopic (exact) mass is 354 g/mol. The lowest BCUT2D eigenvalue weighted by molar-refractivity contribution is 0.0900. The van der Waals surface area contributed by atoms with E-state index in [4.69, 9.17) is 4.74 Å². The van der Waals surface area contributed by atoms with Gasteiger partial charge >= 0.3 is 6.09 Å². The molecule has 4 nitrogen and oxygen atoms in total. The Kier molecular flexibility index (Phi) is 5.56. The van der Waals surface area contributed by atoms with Crippen molar-refractivity contribution in [2.24, 2.45) is 0 Å². The molecule has 136 valence electrons. The Labute approximate surface area is 153 Å². The van der Waals surface area contributed by atoms with Crippen molar-refractivity contribution in [2.45, 2.75) is 18.9 Å². The fraction of sp³-hybridized carbons (Fsp3) is 0.286. The number of rotatable bonds is 5. The summed E-state index contributed by atoms with van der Waals surface area (Å²) in [6, 6.07) is 14.1. The molecule has 2 aromatic carbocycles. The first-order valence-electron chi connectivity index (χ1n) is 8.72. The third-order valence-electron chi connectivity index (χ3n) is 4.69. The lowest BCUT2D eigenvalue weighted by atomic mass is 9.88. The van der Waals surface area contributed by atoms with E-state index in [9.17, 15) is 9.18 Å². The van der Waals surface area contributed by atoms with Crippen molar-refractivity contribution in [1.82, 2.24) is 10.2 Å². The Hall–Kier alpha value is -2.82. The molecule has 0 saturated carbocycles. The van der Waals surface area contributed by atoms with Crippen LogP contribution in [0.1, 0.15) is 29.2 Å². The lowest BCUT2D eigenvalue weighted by Crippen LogP contribution is -2.41. The minimum Gasteiger partial charge on any atom is -0.449 e. The Morgan fingerprint density at radius 3 is 2.73 bits per heavy atom. The highest BCUT2D eigenvalue weighted by Crippen LogP contribution is 2.35. The normalized spacial score (nSPS) is 15.9. The number of hydrogen-bond acceptors (Lipinski definition) is 3. The molecule has 3 rings (SSSR count). The molecule has 0 aliphatic carbocycles. The van der Waals surface area contributed by atoms with Gasteiger partial charge in [0.25, 0.3) is 0 Å². The molecule has 1 amide bonds. The average Bonchev–Trinajstić information content (AvgIpc) is 2.67. The first kappa shape index (κ1) is 18.0. The summed E-state index contributed by atoms with van der Waals surface area (Å²) < 4.78 is 18.8. The van der Waals surface area contributed by atoms with Crippen LogP contribution in [0.5, 0.6) is 0 Å². The average molecular weight is 354 g/mol. The lowest BCUT2D eigenvalue weighted by Gasteiger charge is -2.37. The molecule has 0 aromatic heterocycles. The van der Waals surface area contributed by atoms with Gasteiger partial charge in [0.1, 0.15) is 5.82 Å². The van der Waals surface area contributed by atoms with Gasteiger partial charge in [-0.25, -0.2) is 9.18 Å².